The van der Waals surface area contributed by atoms with E-state index in [0.717, 1.165) is 16.5 Å². The Labute approximate surface area is 179 Å². The minimum absolute atomic E-state index is 0.274. The van der Waals surface area contributed by atoms with Crippen LogP contribution in [0, 0.1) is 0 Å². The van der Waals surface area contributed by atoms with Crippen molar-refractivity contribution in [2.75, 3.05) is 19.7 Å². The van der Waals surface area contributed by atoms with Crippen molar-refractivity contribution in [2.45, 2.75) is 31.5 Å². The van der Waals surface area contributed by atoms with Crippen LogP contribution in [0.15, 0.2) is 48.5 Å². The number of carboxylic acids is 1. The van der Waals surface area contributed by atoms with Crippen LogP contribution in [0.1, 0.15) is 18.4 Å². The summed E-state index contributed by atoms with van der Waals surface area (Å²) in [5, 5.41) is 25.3. The molecule has 158 valence electrons. The van der Waals surface area contributed by atoms with Crippen LogP contribution < -0.4 is 4.74 Å². The summed E-state index contributed by atoms with van der Waals surface area (Å²) in [7, 11) is 0. The second kappa shape index (κ2) is 9.04. The van der Waals surface area contributed by atoms with Gasteiger partial charge in [-0.3, -0.25) is 14.4 Å². The van der Waals surface area contributed by atoms with Crippen molar-refractivity contribution in [1.82, 2.24) is 14.7 Å². The van der Waals surface area contributed by atoms with Gasteiger partial charge in [0, 0.05) is 24.5 Å². The smallest absolute Gasteiger partial charge is 0.321 e. The number of hydrogen-bond donors (Lipinski definition) is 2. The van der Waals surface area contributed by atoms with E-state index in [9.17, 15) is 15.0 Å². The second-order valence-corrected chi connectivity index (χ2v) is 7.98. The summed E-state index contributed by atoms with van der Waals surface area (Å²) in [5.74, 6) is -0.324. The number of ether oxygens (including phenoxy) is 1. The van der Waals surface area contributed by atoms with Gasteiger partial charge in [-0.25, -0.2) is 0 Å². The Balaban J connectivity index is 1.41. The number of benzene rings is 2. The molecule has 1 aromatic heterocycles. The molecule has 2 N–H and O–H groups in total. The summed E-state index contributed by atoms with van der Waals surface area (Å²) >= 11 is 5.97. The predicted molar refractivity (Wildman–Crippen MR) is 114 cm³/mol. The van der Waals surface area contributed by atoms with Crippen molar-refractivity contribution in [2.24, 2.45) is 0 Å². The van der Waals surface area contributed by atoms with Crippen LogP contribution in [0.2, 0.25) is 5.02 Å². The average molecular weight is 430 g/mol. The largest absolute Gasteiger partial charge is 0.480 e. The Morgan fingerprint density at radius 2 is 1.97 bits per heavy atom. The second-order valence-electron chi connectivity index (χ2n) is 7.55. The monoisotopic (exact) mass is 429 g/mol. The number of aliphatic carboxylic acids is 1. The number of hydrogen-bond acceptors (Lipinski definition) is 5. The van der Waals surface area contributed by atoms with E-state index in [-0.39, 0.29) is 6.42 Å². The van der Waals surface area contributed by atoms with Crippen LogP contribution >= 0.6 is 11.6 Å². The van der Waals surface area contributed by atoms with Gasteiger partial charge in [0.05, 0.1) is 30.2 Å². The molecule has 0 spiro atoms. The quantitative estimate of drug-likeness (QED) is 0.535. The summed E-state index contributed by atoms with van der Waals surface area (Å²) in [5.41, 5.74) is 2.07. The number of aliphatic hydroxyl groups excluding tert-OH is 1. The van der Waals surface area contributed by atoms with E-state index >= 15 is 0 Å². The first-order chi connectivity index (χ1) is 14.5. The lowest BCUT2D eigenvalue weighted by molar-refractivity contribution is -0.142. The zero-order valence-electron chi connectivity index (χ0n) is 16.4. The van der Waals surface area contributed by atoms with Crippen molar-refractivity contribution < 1.29 is 19.7 Å². The van der Waals surface area contributed by atoms with Gasteiger partial charge in [0.25, 0.3) is 0 Å². The Bertz CT molecular complexity index is 1020. The van der Waals surface area contributed by atoms with Crippen molar-refractivity contribution in [3.8, 4) is 5.88 Å². The molecule has 1 unspecified atom stereocenters. The van der Waals surface area contributed by atoms with Crippen molar-refractivity contribution in [3.05, 3.63) is 59.1 Å². The lowest BCUT2D eigenvalue weighted by Crippen LogP contribution is -2.37. The van der Waals surface area contributed by atoms with Crippen molar-refractivity contribution in [3.63, 3.8) is 0 Å². The lowest BCUT2D eigenvalue weighted by atomic mass is 10.2. The minimum atomic E-state index is -0.889. The predicted octanol–water partition coefficient (Wildman–Crippen LogP) is 3.03. The van der Waals surface area contributed by atoms with E-state index in [1.807, 2.05) is 53.2 Å². The van der Waals surface area contributed by atoms with Gasteiger partial charge in [-0.1, -0.05) is 35.9 Å². The van der Waals surface area contributed by atoms with Crippen LogP contribution in [0.4, 0.5) is 0 Å². The van der Waals surface area contributed by atoms with Gasteiger partial charge in [0.15, 0.2) is 0 Å². The third kappa shape index (κ3) is 4.59. The van der Waals surface area contributed by atoms with E-state index in [1.54, 1.807) is 4.90 Å². The van der Waals surface area contributed by atoms with E-state index in [4.69, 9.17) is 16.3 Å². The molecule has 3 aromatic rings. The number of fused-ring (bicyclic) bond motifs is 1. The van der Waals surface area contributed by atoms with E-state index in [1.165, 1.54) is 0 Å². The topological polar surface area (TPSA) is 87.8 Å². The van der Waals surface area contributed by atoms with Gasteiger partial charge >= 0.3 is 5.97 Å². The minimum Gasteiger partial charge on any atom is -0.480 e. The normalized spacial score (nSPS) is 19.4. The van der Waals surface area contributed by atoms with Gasteiger partial charge < -0.3 is 14.9 Å². The standard InChI is InChI=1S/C22H24ClN3O4/c23-16-8-6-15(7-9-16)13-26-19-5-2-1-4-18(19)21(24-26)30-11-3-10-25-14-17(27)12-20(25)22(28)29/h1-2,4-9,17,20,27H,3,10-14H2,(H,28,29)/t17?,20-/m0/s1. The van der Waals surface area contributed by atoms with Gasteiger partial charge in [0.1, 0.15) is 6.04 Å². The number of likely N-dealkylation sites (tertiary alicyclic amines) is 1. The molecule has 4 rings (SSSR count). The highest BCUT2D eigenvalue weighted by Crippen LogP contribution is 2.26. The molecule has 0 bridgehead atoms. The first-order valence-corrected chi connectivity index (χ1v) is 10.4. The number of carboxylic acid groups (broad SMARTS) is 1. The number of nitrogens with zero attached hydrogens (tertiary/aromatic N) is 3. The third-order valence-electron chi connectivity index (χ3n) is 5.36. The van der Waals surface area contributed by atoms with Crippen LogP contribution in [-0.4, -0.2) is 62.7 Å². The first kappa shape index (κ1) is 20.7. The van der Waals surface area contributed by atoms with Gasteiger partial charge in [-0.15, -0.1) is 5.10 Å². The van der Waals surface area contributed by atoms with E-state index in [2.05, 4.69) is 5.10 Å². The molecule has 1 aliphatic heterocycles. The van der Waals surface area contributed by atoms with Crippen LogP contribution in [0.5, 0.6) is 5.88 Å². The summed E-state index contributed by atoms with van der Waals surface area (Å²) in [4.78, 5) is 13.1. The highest BCUT2D eigenvalue weighted by molar-refractivity contribution is 6.30. The summed E-state index contributed by atoms with van der Waals surface area (Å²) < 4.78 is 7.86. The molecule has 1 aliphatic rings. The molecule has 0 amide bonds. The molecule has 8 heteroatoms. The summed E-state index contributed by atoms with van der Waals surface area (Å²) in [6, 6.07) is 15.0. The van der Waals surface area contributed by atoms with Gasteiger partial charge in [0.2, 0.25) is 5.88 Å². The molecule has 0 saturated carbocycles. The Morgan fingerprint density at radius 3 is 2.73 bits per heavy atom. The van der Waals surface area contributed by atoms with Crippen LogP contribution in [0.25, 0.3) is 10.9 Å². The van der Waals surface area contributed by atoms with Crippen molar-refractivity contribution >= 4 is 28.5 Å². The SMILES string of the molecule is O=C(O)[C@@H]1CC(O)CN1CCCOc1nn(Cc2ccc(Cl)cc2)c2ccccc12. The maximum absolute atomic E-state index is 11.3. The third-order valence-corrected chi connectivity index (χ3v) is 5.62. The molecule has 2 heterocycles. The fourth-order valence-corrected chi connectivity index (χ4v) is 4.03. The zero-order valence-corrected chi connectivity index (χ0v) is 17.2. The number of rotatable bonds is 8. The fourth-order valence-electron chi connectivity index (χ4n) is 3.91. The molecule has 2 aromatic carbocycles. The van der Waals surface area contributed by atoms with Crippen LogP contribution in [0.3, 0.4) is 0 Å². The number of para-hydroxylation sites is 1. The number of aromatic nitrogens is 2. The number of halogens is 1. The lowest BCUT2D eigenvalue weighted by Gasteiger charge is -2.20. The molecule has 2 atom stereocenters. The van der Waals surface area contributed by atoms with E-state index in [0.29, 0.717) is 43.6 Å². The summed E-state index contributed by atoms with van der Waals surface area (Å²) in [6.45, 7) is 1.96. The highest BCUT2D eigenvalue weighted by atomic mass is 35.5. The summed E-state index contributed by atoms with van der Waals surface area (Å²) in [6.07, 6.45) is 0.338. The highest BCUT2D eigenvalue weighted by Gasteiger charge is 2.35. The Hall–Kier alpha value is -2.61. The fraction of sp³-hybridized carbons (Fsp3) is 0.364. The Kier molecular flexibility index (Phi) is 6.22. The molecule has 1 fully saturated rings. The van der Waals surface area contributed by atoms with Gasteiger partial charge in [-0.2, -0.15) is 0 Å². The average Bonchev–Trinajstić information content (AvgIpc) is 3.28. The number of aliphatic hydroxyl groups is 1. The zero-order chi connectivity index (χ0) is 21.1. The molecular formula is C22H24ClN3O4. The first-order valence-electron chi connectivity index (χ1n) is 9.99. The molecule has 30 heavy (non-hydrogen) atoms. The molecule has 0 radical (unpaired) electrons. The number of carbonyl (C=O) groups is 1. The maximum atomic E-state index is 11.3. The van der Waals surface area contributed by atoms with Crippen LogP contribution in [-0.2, 0) is 11.3 Å². The van der Waals surface area contributed by atoms with E-state index < -0.39 is 18.1 Å². The molecule has 1 saturated heterocycles. The Morgan fingerprint density at radius 1 is 1.20 bits per heavy atom. The number of β-amino-alcohol motifs (C(OH)–C–C–N with tert-alkyl or cyclic N) is 1. The van der Waals surface area contributed by atoms with Gasteiger partial charge in [-0.05, 0) is 36.2 Å². The van der Waals surface area contributed by atoms with Crippen molar-refractivity contribution in [1.29, 1.82) is 0 Å². The maximum Gasteiger partial charge on any atom is 0.321 e. The molecule has 0 aliphatic carbocycles. The molecular weight excluding hydrogens is 406 g/mol. The molecule has 7 nitrogen and oxygen atoms in total.